The minimum absolute atomic E-state index is 0.00575. The topological polar surface area (TPSA) is 61.0 Å². The van der Waals surface area contributed by atoms with E-state index in [9.17, 15) is 13.6 Å². The summed E-state index contributed by atoms with van der Waals surface area (Å²) in [5, 5.41) is 9.03. The number of fused-ring (bicyclic) bond motifs is 1. The molecule has 8 heteroatoms. The monoisotopic (exact) mass is 376 g/mol. The van der Waals surface area contributed by atoms with Crippen LogP contribution in [0.25, 0.3) is 4.85 Å². The van der Waals surface area contributed by atoms with Crippen molar-refractivity contribution in [2.75, 3.05) is 29.4 Å². The lowest BCUT2D eigenvalue weighted by atomic mass is 10.0. The van der Waals surface area contributed by atoms with Gasteiger partial charge < -0.3 is 14.9 Å². The maximum absolute atomic E-state index is 14.7. The summed E-state index contributed by atoms with van der Waals surface area (Å²) < 4.78 is 29.4. The zero-order chi connectivity index (χ0) is 19.3. The first-order valence-electron chi connectivity index (χ1n) is 9.38. The second-order valence-electron chi connectivity index (χ2n) is 7.81. The fraction of sp³-hybridized carbons (Fsp3) is 0.632. The average molecular weight is 376 g/mol. The summed E-state index contributed by atoms with van der Waals surface area (Å²) in [5.74, 6) is -2.98. The first-order chi connectivity index (χ1) is 12.8. The van der Waals surface area contributed by atoms with E-state index in [1.54, 1.807) is 0 Å². The molecule has 0 bridgehead atoms. The molecule has 0 aromatic carbocycles. The first-order valence-corrected chi connectivity index (χ1v) is 9.38. The smallest absolute Gasteiger partial charge is 0.303 e. The van der Waals surface area contributed by atoms with Crippen LogP contribution >= 0.6 is 0 Å². The van der Waals surface area contributed by atoms with Crippen molar-refractivity contribution in [2.45, 2.75) is 51.0 Å². The number of carboxylic acid groups (broad SMARTS) is 1. The van der Waals surface area contributed by atoms with Crippen LogP contribution in [0.4, 0.5) is 26.1 Å². The molecule has 0 saturated carbocycles. The number of nitrogens with zero attached hydrogens (tertiary/aromatic N) is 4. The normalized spacial score (nSPS) is 25.9. The lowest BCUT2D eigenvalue weighted by Gasteiger charge is -2.41. The molecule has 1 N–H and O–H groups in total. The predicted octanol–water partition coefficient (Wildman–Crippen LogP) is 3.57. The van der Waals surface area contributed by atoms with E-state index in [2.05, 4.69) is 4.85 Å². The van der Waals surface area contributed by atoms with Gasteiger partial charge in [0.15, 0.2) is 0 Å². The molecular formula is C19H22F2N4O2. The van der Waals surface area contributed by atoms with Crippen LogP contribution in [-0.4, -0.2) is 41.7 Å². The van der Waals surface area contributed by atoms with Crippen molar-refractivity contribution in [3.8, 4) is 0 Å². The van der Waals surface area contributed by atoms with Gasteiger partial charge in [0.25, 0.3) is 5.92 Å². The van der Waals surface area contributed by atoms with Crippen LogP contribution < -0.4 is 9.80 Å². The Morgan fingerprint density at radius 2 is 2.15 bits per heavy atom. The fourth-order valence-corrected chi connectivity index (χ4v) is 4.46. The van der Waals surface area contributed by atoms with E-state index in [1.807, 2.05) is 16.7 Å². The molecule has 27 heavy (non-hydrogen) atoms. The molecule has 2 atom stereocenters. The lowest BCUT2D eigenvalue weighted by Crippen LogP contribution is -2.46. The van der Waals surface area contributed by atoms with Crippen molar-refractivity contribution in [2.24, 2.45) is 5.92 Å². The van der Waals surface area contributed by atoms with Crippen molar-refractivity contribution in [1.29, 1.82) is 0 Å². The molecule has 3 heterocycles. The van der Waals surface area contributed by atoms with Crippen LogP contribution in [-0.2, 0) is 17.1 Å². The van der Waals surface area contributed by atoms with E-state index in [-0.39, 0.29) is 42.5 Å². The predicted molar refractivity (Wildman–Crippen MR) is 96.7 cm³/mol. The number of carbonyl (C=O) groups is 1. The van der Waals surface area contributed by atoms with Crippen LogP contribution in [0.2, 0.25) is 0 Å². The Kier molecular flexibility index (Phi) is 4.21. The zero-order valence-corrected chi connectivity index (χ0v) is 15.2. The Bertz CT molecular complexity index is 836. The molecule has 2 saturated heterocycles. The zero-order valence-electron chi connectivity index (χ0n) is 15.2. The van der Waals surface area contributed by atoms with Gasteiger partial charge in [-0.25, -0.2) is 18.6 Å². The highest BCUT2D eigenvalue weighted by Crippen LogP contribution is 2.53. The number of pyridine rings is 1. The van der Waals surface area contributed by atoms with Gasteiger partial charge in [-0.05, 0) is 37.7 Å². The SMILES string of the molecule is [C-]#[N+]c1c(N2CC[C@@H]2C)nc(N2CC[C@H](CC(=O)O)C2)c2c1C(F)(F)CC2. The Hall–Kier alpha value is -2.43. The summed E-state index contributed by atoms with van der Waals surface area (Å²) in [6.07, 6.45) is 1.63. The lowest BCUT2D eigenvalue weighted by molar-refractivity contribution is -0.137. The second kappa shape index (κ2) is 6.32. The van der Waals surface area contributed by atoms with E-state index in [4.69, 9.17) is 16.7 Å². The molecule has 144 valence electrons. The van der Waals surface area contributed by atoms with Crippen LogP contribution in [0.15, 0.2) is 0 Å². The molecule has 2 aliphatic heterocycles. The second-order valence-corrected chi connectivity index (χ2v) is 7.81. The van der Waals surface area contributed by atoms with E-state index in [1.165, 1.54) is 0 Å². The summed E-state index contributed by atoms with van der Waals surface area (Å²) in [4.78, 5) is 23.0. The van der Waals surface area contributed by atoms with Crippen molar-refractivity contribution in [3.05, 3.63) is 22.5 Å². The maximum atomic E-state index is 14.7. The quantitative estimate of drug-likeness (QED) is 0.814. The molecular weight excluding hydrogens is 354 g/mol. The summed E-state index contributed by atoms with van der Waals surface area (Å²) in [6.45, 7) is 11.3. The first kappa shape index (κ1) is 18.0. The van der Waals surface area contributed by atoms with Gasteiger partial charge in [0.1, 0.15) is 11.6 Å². The van der Waals surface area contributed by atoms with Gasteiger partial charge in [0, 0.05) is 44.1 Å². The summed E-state index contributed by atoms with van der Waals surface area (Å²) in [7, 11) is 0. The molecule has 0 unspecified atom stereocenters. The van der Waals surface area contributed by atoms with Gasteiger partial charge in [-0.15, -0.1) is 0 Å². The third-order valence-corrected chi connectivity index (χ3v) is 6.04. The number of aromatic nitrogens is 1. The van der Waals surface area contributed by atoms with Crippen LogP contribution in [0.5, 0.6) is 0 Å². The van der Waals surface area contributed by atoms with Crippen LogP contribution in [0.1, 0.15) is 43.7 Å². The van der Waals surface area contributed by atoms with Gasteiger partial charge in [0.05, 0.1) is 6.57 Å². The number of hydrogen-bond donors (Lipinski definition) is 1. The fourth-order valence-electron chi connectivity index (χ4n) is 4.46. The number of halogens is 2. The highest BCUT2D eigenvalue weighted by molar-refractivity contribution is 5.79. The van der Waals surface area contributed by atoms with Gasteiger partial charge in [-0.1, -0.05) is 0 Å². The van der Waals surface area contributed by atoms with E-state index >= 15 is 0 Å². The van der Waals surface area contributed by atoms with Crippen LogP contribution in [0, 0.1) is 12.5 Å². The molecule has 4 rings (SSSR count). The molecule has 0 amide bonds. The third kappa shape index (κ3) is 2.89. The minimum Gasteiger partial charge on any atom is -0.481 e. The number of hydrogen-bond acceptors (Lipinski definition) is 4. The highest BCUT2D eigenvalue weighted by atomic mass is 19.3. The molecule has 1 aliphatic carbocycles. The average Bonchev–Trinajstić information content (AvgIpc) is 3.17. The number of carboxylic acids is 1. The Morgan fingerprint density at radius 1 is 1.37 bits per heavy atom. The molecule has 6 nitrogen and oxygen atoms in total. The molecule has 2 fully saturated rings. The number of aliphatic carboxylic acids is 1. The number of anilines is 2. The molecule has 3 aliphatic rings. The van der Waals surface area contributed by atoms with E-state index in [0.717, 1.165) is 6.42 Å². The molecule has 1 aromatic rings. The summed E-state index contributed by atoms with van der Waals surface area (Å²) in [6, 6.07) is 0.178. The molecule has 0 spiro atoms. The standard InChI is InChI=1S/C19H22F2N4O2/c1-11-4-8-25(11)18-16(22-2)15-13(3-6-19(15,20)21)17(23-18)24-7-5-12(10-24)9-14(26)27/h11-12H,3-10H2,1H3,(H,26,27)/t11-,12+/m0/s1. The van der Waals surface area contributed by atoms with Crippen molar-refractivity contribution < 1.29 is 18.7 Å². The third-order valence-electron chi connectivity index (χ3n) is 6.04. The van der Waals surface area contributed by atoms with Gasteiger partial charge >= 0.3 is 5.97 Å². The Morgan fingerprint density at radius 3 is 2.74 bits per heavy atom. The molecule has 1 aromatic heterocycles. The Labute approximate surface area is 156 Å². The summed E-state index contributed by atoms with van der Waals surface area (Å²) in [5.41, 5.74) is 0.307. The highest BCUT2D eigenvalue weighted by Gasteiger charge is 2.46. The van der Waals surface area contributed by atoms with Crippen LogP contribution in [0.3, 0.4) is 0 Å². The van der Waals surface area contributed by atoms with Crippen molar-refractivity contribution in [3.63, 3.8) is 0 Å². The van der Waals surface area contributed by atoms with Crippen molar-refractivity contribution in [1.82, 2.24) is 4.98 Å². The van der Waals surface area contributed by atoms with Crippen molar-refractivity contribution >= 4 is 23.3 Å². The Balaban J connectivity index is 1.79. The van der Waals surface area contributed by atoms with E-state index < -0.39 is 11.9 Å². The number of rotatable bonds is 4. The van der Waals surface area contributed by atoms with Gasteiger partial charge in [-0.3, -0.25) is 4.79 Å². The van der Waals surface area contributed by atoms with Gasteiger partial charge in [-0.2, -0.15) is 0 Å². The summed E-state index contributed by atoms with van der Waals surface area (Å²) >= 11 is 0. The maximum Gasteiger partial charge on any atom is 0.303 e. The largest absolute Gasteiger partial charge is 0.481 e. The number of alkyl halides is 2. The van der Waals surface area contributed by atoms with Gasteiger partial charge in [0.2, 0.25) is 5.69 Å². The van der Waals surface area contributed by atoms with E-state index in [0.29, 0.717) is 43.3 Å². The molecule has 0 radical (unpaired) electrons. The minimum atomic E-state index is -3.02.